The predicted molar refractivity (Wildman–Crippen MR) is 72.3 cm³/mol. The largest absolute Gasteiger partial charge is 0.481 e. The molecular formula is C14H16N2O4. The van der Waals surface area contributed by atoms with E-state index in [1.54, 1.807) is 38.4 Å². The van der Waals surface area contributed by atoms with Gasteiger partial charge in [-0.25, -0.2) is 0 Å². The molecule has 1 saturated carbocycles. The highest BCUT2D eigenvalue weighted by atomic mass is 16.4. The van der Waals surface area contributed by atoms with Gasteiger partial charge >= 0.3 is 5.97 Å². The van der Waals surface area contributed by atoms with Gasteiger partial charge in [-0.2, -0.15) is 0 Å². The van der Waals surface area contributed by atoms with Crippen molar-refractivity contribution in [3.8, 4) is 0 Å². The average Bonchev–Trinajstić information content (AvgIpc) is 3.18. The summed E-state index contributed by atoms with van der Waals surface area (Å²) in [5.74, 6) is -2.63. The van der Waals surface area contributed by atoms with Crippen LogP contribution in [0.5, 0.6) is 0 Å². The lowest BCUT2D eigenvalue weighted by molar-refractivity contribution is -0.139. The molecule has 0 heterocycles. The van der Waals surface area contributed by atoms with E-state index in [0.29, 0.717) is 17.7 Å². The summed E-state index contributed by atoms with van der Waals surface area (Å²) in [5.41, 5.74) is 0.797. The fourth-order valence-corrected chi connectivity index (χ4v) is 2.00. The Morgan fingerprint density at radius 1 is 1.20 bits per heavy atom. The van der Waals surface area contributed by atoms with Crippen molar-refractivity contribution in [2.75, 3.05) is 19.4 Å². The van der Waals surface area contributed by atoms with Gasteiger partial charge in [0.15, 0.2) is 0 Å². The number of carbonyl (C=O) groups is 3. The molecule has 0 aliphatic heterocycles. The van der Waals surface area contributed by atoms with Gasteiger partial charge in [0.25, 0.3) is 5.91 Å². The molecule has 1 aromatic rings. The van der Waals surface area contributed by atoms with Crippen molar-refractivity contribution in [3.63, 3.8) is 0 Å². The van der Waals surface area contributed by atoms with Gasteiger partial charge < -0.3 is 15.3 Å². The second kappa shape index (κ2) is 5.32. The van der Waals surface area contributed by atoms with E-state index in [9.17, 15) is 14.4 Å². The fraction of sp³-hybridized carbons (Fsp3) is 0.357. The third-order valence-electron chi connectivity index (χ3n) is 3.27. The lowest BCUT2D eigenvalue weighted by atomic mass is 10.1. The number of nitrogens with zero attached hydrogens (tertiary/aromatic N) is 1. The summed E-state index contributed by atoms with van der Waals surface area (Å²) in [6.45, 7) is 0. The van der Waals surface area contributed by atoms with Crippen molar-refractivity contribution >= 4 is 23.5 Å². The topological polar surface area (TPSA) is 86.7 Å². The van der Waals surface area contributed by atoms with Crippen LogP contribution in [0, 0.1) is 11.8 Å². The van der Waals surface area contributed by atoms with Crippen molar-refractivity contribution in [1.82, 2.24) is 4.90 Å². The SMILES string of the molecule is CN(C)C(=O)c1ccccc1NC(=O)C1CC1C(=O)O. The monoisotopic (exact) mass is 276 g/mol. The second-order valence-electron chi connectivity index (χ2n) is 5.02. The maximum absolute atomic E-state index is 12.0. The smallest absolute Gasteiger partial charge is 0.307 e. The number of aliphatic carboxylic acids is 1. The molecule has 1 aliphatic carbocycles. The number of para-hydroxylation sites is 1. The van der Waals surface area contributed by atoms with Crippen LogP contribution < -0.4 is 5.32 Å². The molecule has 6 nitrogen and oxygen atoms in total. The molecule has 2 rings (SSSR count). The Morgan fingerprint density at radius 3 is 2.40 bits per heavy atom. The Labute approximate surface area is 116 Å². The zero-order chi connectivity index (χ0) is 14.9. The highest BCUT2D eigenvalue weighted by Crippen LogP contribution is 2.39. The van der Waals surface area contributed by atoms with Crippen LogP contribution in [0.1, 0.15) is 16.8 Å². The van der Waals surface area contributed by atoms with Gasteiger partial charge in [-0.15, -0.1) is 0 Å². The van der Waals surface area contributed by atoms with E-state index in [2.05, 4.69) is 5.32 Å². The van der Waals surface area contributed by atoms with Gasteiger partial charge in [0.1, 0.15) is 0 Å². The molecular weight excluding hydrogens is 260 g/mol. The van der Waals surface area contributed by atoms with Gasteiger partial charge in [0.05, 0.1) is 23.1 Å². The van der Waals surface area contributed by atoms with Crippen LogP contribution in [-0.4, -0.2) is 41.9 Å². The molecule has 1 aromatic carbocycles. The van der Waals surface area contributed by atoms with Crippen molar-refractivity contribution in [1.29, 1.82) is 0 Å². The molecule has 0 bridgehead atoms. The van der Waals surface area contributed by atoms with E-state index in [1.807, 2.05) is 0 Å². The number of nitrogens with one attached hydrogen (secondary N) is 1. The maximum Gasteiger partial charge on any atom is 0.307 e. The molecule has 6 heteroatoms. The number of anilines is 1. The zero-order valence-corrected chi connectivity index (χ0v) is 11.3. The summed E-state index contributed by atoms with van der Waals surface area (Å²) in [4.78, 5) is 36.1. The minimum absolute atomic E-state index is 0.216. The highest BCUT2D eigenvalue weighted by molar-refractivity contribution is 6.05. The first kappa shape index (κ1) is 14.0. The summed E-state index contributed by atoms with van der Waals surface area (Å²) in [7, 11) is 3.25. The third-order valence-corrected chi connectivity index (χ3v) is 3.27. The van der Waals surface area contributed by atoms with E-state index < -0.39 is 17.8 Å². The molecule has 20 heavy (non-hydrogen) atoms. The maximum atomic E-state index is 12.0. The van der Waals surface area contributed by atoms with E-state index in [0.717, 1.165) is 0 Å². The first-order valence-corrected chi connectivity index (χ1v) is 6.26. The number of carboxylic acids is 1. The van der Waals surface area contributed by atoms with Gasteiger partial charge in [0.2, 0.25) is 5.91 Å². The predicted octanol–water partition coefficient (Wildman–Crippen LogP) is 1.05. The zero-order valence-electron chi connectivity index (χ0n) is 11.3. The lowest BCUT2D eigenvalue weighted by Gasteiger charge is -2.14. The molecule has 2 unspecified atom stereocenters. The van der Waals surface area contributed by atoms with E-state index in [-0.39, 0.29) is 11.8 Å². The van der Waals surface area contributed by atoms with Gasteiger partial charge in [-0.3, -0.25) is 14.4 Å². The number of carbonyl (C=O) groups excluding carboxylic acids is 2. The summed E-state index contributed by atoms with van der Waals surface area (Å²) in [6, 6.07) is 6.68. The Bertz CT molecular complexity index is 568. The van der Waals surface area contributed by atoms with Crippen LogP contribution in [-0.2, 0) is 9.59 Å². The van der Waals surface area contributed by atoms with E-state index in [1.165, 1.54) is 4.90 Å². The van der Waals surface area contributed by atoms with Crippen molar-refractivity contribution in [2.45, 2.75) is 6.42 Å². The number of rotatable bonds is 4. The quantitative estimate of drug-likeness (QED) is 0.860. The van der Waals surface area contributed by atoms with Crippen molar-refractivity contribution in [3.05, 3.63) is 29.8 Å². The Kier molecular flexibility index (Phi) is 3.74. The molecule has 0 spiro atoms. The Morgan fingerprint density at radius 2 is 1.85 bits per heavy atom. The molecule has 2 amide bonds. The van der Waals surface area contributed by atoms with Gasteiger partial charge in [-0.05, 0) is 18.6 Å². The summed E-state index contributed by atoms with van der Waals surface area (Å²) >= 11 is 0. The molecule has 0 aromatic heterocycles. The van der Waals surface area contributed by atoms with Crippen LogP contribution in [0.15, 0.2) is 24.3 Å². The second-order valence-corrected chi connectivity index (χ2v) is 5.02. The van der Waals surface area contributed by atoms with Gasteiger partial charge in [-0.1, -0.05) is 12.1 Å². The standard InChI is InChI=1S/C14H16N2O4/c1-16(2)13(18)8-5-3-4-6-11(8)15-12(17)9-7-10(9)14(19)20/h3-6,9-10H,7H2,1-2H3,(H,15,17)(H,19,20). The number of benzene rings is 1. The van der Waals surface area contributed by atoms with E-state index in [4.69, 9.17) is 5.11 Å². The lowest BCUT2D eigenvalue weighted by Crippen LogP contribution is -2.24. The molecule has 1 aliphatic rings. The van der Waals surface area contributed by atoms with Gasteiger partial charge in [0, 0.05) is 14.1 Å². The van der Waals surface area contributed by atoms with Crippen LogP contribution in [0.2, 0.25) is 0 Å². The van der Waals surface area contributed by atoms with Crippen LogP contribution in [0.3, 0.4) is 0 Å². The highest BCUT2D eigenvalue weighted by Gasteiger charge is 2.48. The number of hydrogen-bond donors (Lipinski definition) is 2. The van der Waals surface area contributed by atoms with Crippen molar-refractivity contribution < 1.29 is 19.5 Å². The molecule has 2 atom stereocenters. The average molecular weight is 276 g/mol. The summed E-state index contributed by atoms with van der Waals surface area (Å²) in [6.07, 6.45) is 0.352. The molecule has 0 radical (unpaired) electrons. The van der Waals surface area contributed by atoms with E-state index >= 15 is 0 Å². The molecule has 2 N–H and O–H groups in total. The Balaban J connectivity index is 2.12. The molecule has 106 valence electrons. The minimum Gasteiger partial charge on any atom is -0.481 e. The first-order valence-electron chi connectivity index (χ1n) is 6.26. The van der Waals surface area contributed by atoms with Crippen molar-refractivity contribution in [2.24, 2.45) is 11.8 Å². The number of amides is 2. The number of hydrogen-bond acceptors (Lipinski definition) is 3. The third kappa shape index (κ3) is 2.79. The van der Waals surface area contributed by atoms with Crippen LogP contribution in [0.4, 0.5) is 5.69 Å². The summed E-state index contributed by atoms with van der Waals surface area (Å²) < 4.78 is 0. The number of carboxylic acid groups (broad SMARTS) is 1. The molecule has 1 fully saturated rings. The fourth-order valence-electron chi connectivity index (χ4n) is 2.00. The first-order chi connectivity index (χ1) is 9.41. The minimum atomic E-state index is -0.956. The van der Waals surface area contributed by atoms with Crippen LogP contribution >= 0.6 is 0 Å². The summed E-state index contributed by atoms with van der Waals surface area (Å²) in [5, 5.41) is 11.5. The molecule has 0 saturated heterocycles. The normalized spacial score (nSPS) is 20.1. The Hall–Kier alpha value is -2.37. The van der Waals surface area contributed by atoms with Crippen LogP contribution in [0.25, 0.3) is 0 Å².